The van der Waals surface area contributed by atoms with E-state index >= 15 is 0 Å². The normalized spacial score (nSPS) is 15.0. The number of hydrogen-bond donors (Lipinski definition) is 2. The van der Waals surface area contributed by atoms with Gasteiger partial charge >= 0.3 is 0 Å². The molecule has 0 aliphatic carbocycles. The van der Waals surface area contributed by atoms with Crippen molar-refractivity contribution in [3.8, 4) is 5.88 Å². The van der Waals surface area contributed by atoms with Crippen LogP contribution in [0.1, 0.15) is 11.1 Å². The number of aromatic amines is 1. The average Bonchev–Trinajstić information content (AvgIpc) is 3.06. The zero-order valence-corrected chi connectivity index (χ0v) is 12.2. The van der Waals surface area contributed by atoms with Crippen molar-refractivity contribution in [3.63, 3.8) is 0 Å². The van der Waals surface area contributed by atoms with Crippen LogP contribution in [-0.2, 0) is 4.84 Å². The van der Waals surface area contributed by atoms with Crippen LogP contribution in [0.3, 0.4) is 0 Å². The van der Waals surface area contributed by atoms with Gasteiger partial charge in [0.05, 0.1) is 16.8 Å². The number of H-pyrrole nitrogens is 1. The van der Waals surface area contributed by atoms with Gasteiger partial charge in [-0.15, -0.1) is 0 Å². The Labute approximate surface area is 130 Å². The Morgan fingerprint density at radius 2 is 2.00 bits per heavy atom. The molecule has 5 nitrogen and oxygen atoms in total. The lowest BCUT2D eigenvalue weighted by atomic mass is 10.0. The van der Waals surface area contributed by atoms with Gasteiger partial charge in [0.25, 0.3) is 0 Å². The molecular weight excluding hydrogens is 297 g/mol. The molecule has 0 saturated carbocycles. The van der Waals surface area contributed by atoms with Crippen LogP contribution >= 0.6 is 0 Å². The van der Waals surface area contributed by atoms with E-state index in [0.717, 1.165) is 11.3 Å². The number of aromatic hydroxyl groups is 1. The molecule has 0 radical (unpaired) electrons. The first-order chi connectivity index (χ1) is 11.2. The molecule has 114 valence electrons. The second kappa shape index (κ2) is 4.95. The van der Waals surface area contributed by atoms with Crippen LogP contribution in [0.2, 0.25) is 0 Å². The molecule has 0 atom stereocenters. The summed E-state index contributed by atoms with van der Waals surface area (Å²) in [7, 11) is 1.44. The first-order valence-electron chi connectivity index (χ1n) is 7.00. The Balaban J connectivity index is 2.00. The molecule has 1 aliphatic rings. The molecule has 0 spiro atoms. The quantitative estimate of drug-likeness (QED) is 0.711. The van der Waals surface area contributed by atoms with Crippen LogP contribution < -0.4 is 0 Å². The lowest BCUT2D eigenvalue weighted by Crippen LogP contribution is -2.13. The van der Waals surface area contributed by atoms with E-state index in [9.17, 15) is 9.50 Å². The first-order valence-corrected chi connectivity index (χ1v) is 7.00. The summed E-state index contributed by atoms with van der Waals surface area (Å²) < 4.78 is 13.9. The third-order valence-corrected chi connectivity index (χ3v) is 3.80. The van der Waals surface area contributed by atoms with Crippen molar-refractivity contribution in [1.29, 1.82) is 0 Å². The van der Waals surface area contributed by atoms with Crippen LogP contribution in [-0.4, -0.2) is 28.6 Å². The number of nitrogens with one attached hydrogen (secondary N) is 1. The zero-order valence-electron chi connectivity index (χ0n) is 12.2. The highest BCUT2D eigenvalue weighted by atomic mass is 19.1. The molecule has 0 saturated heterocycles. The topological polar surface area (TPSA) is 70.0 Å². The van der Waals surface area contributed by atoms with E-state index in [0.29, 0.717) is 22.4 Å². The van der Waals surface area contributed by atoms with E-state index in [2.05, 4.69) is 15.1 Å². The number of halogens is 1. The monoisotopic (exact) mass is 309 g/mol. The van der Waals surface area contributed by atoms with Crippen molar-refractivity contribution in [2.45, 2.75) is 0 Å². The smallest absolute Gasteiger partial charge is 0.199 e. The van der Waals surface area contributed by atoms with Crippen molar-refractivity contribution >= 4 is 28.0 Å². The van der Waals surface area contributed by atoms with Crippen molar-refractivity contribution in [3.05, 3.63) is 59.4 Å². The predicted octanol–water partition coefficient (Wildman–Crippen LogP) is 3.50. The number of aromatic nitrogens is 1. The summed E-state index contributed by atoms with van der Waals surface area (Å²) in [4.78, 5) is 12.1. The number of rotatable bonds is 2. The molecule has 1 aliphatic heterocycles. The third kappa shape index (κ3) is 1.92. The summed E-state index contributed by atoms with van der Waals surface area (Å²) in [5.41, 5.74) is 3.12. The molecule has 6 heteroatoms. The summed E-state index contributed by atoms with van der Waals surface area (Å²) in [5.74, 6) is -0.592. The molecule has 4 rings (SSSR count). The van der Waals surface area contributed by atoms with Crippen LogP contribution in [0.15, 0.2) is 52.6 Å². The lowest BCUT2D eigenvalue weighted by Gasteiger charge is -2.03. The van der Waals surface area contributed by atoms with E-state index in [1.54, 1.807) is 12.1 Å². The van der Waals surface area contributed by atoms with Crippen molar-refractivity contribution < 1.29 is 14.3 Å². The van der Waals surface area contributed by atoms with Gasteiger partial charge in [-0.1, -0.05) is 35.5 Å². The first kappa shape index (κ1) is 13.5. The summed E-state index contributed by atoms with van der Waals surface area (Å²) in [6, 6.07) is 12.1. The van der Waals surface area contributed by atoms with Crippen LogP contribution in [0.4, 0.5) is 10.1 Å². The SMILES string of the molecule is CON=C1C(c2c(O)[nH]c3c(F)cccc23)=Nc2ccccc21. The number of oxime groups is 1. The Hall–Kier alpha value is -3.15. The maximum absolute atomic E-state index is 13.9. The molecule has 0 bridgehead atoms. The van der Waals surface area contributed by atoms with Gasteiger partial charge in [-0.25, -0.2) is 9.38 Å². The predicted molar refractivity (Wildman–Crippen MR) is 86.1 cm³/mol. The molecule has 2 aromatic carbocycles. The molecule has 3 aromatic rings. The van der Waals surface area contributed by atoms with Gasteiger partial charge in [0, 0.05) is 10.9 Å². The van der Waals surface area contributed by atoms with E-state index in [1.165, 1.54) is 13.2 Å². The van der Waals surface area contributed by atoms with Crippen LogP contribution in [0.5, 0.6) is 5.88 Å². The minimum Gasteiger partial charge on any atom is -0.494 e. The van der Waals surface area contributed by atoms with Crippen molar-refractivity contribution in [2.24, 2.45) is 10.1 Å². The Morgan fingerprint density at radius 3 is 2.83 bits per heavy atom. The summed E-state index contributed by atoms with van der Waals surface area (Å²) in [6.07, 6.45) is 0. The van der Waals surface area contributed by atoms with Crippen LogP contribution in [0, 0.1) is 5.82 Å². The Bertz CT molecular complexity index is 989. The van der Waals surface area contributed by atoms with Gasteiger partial charge in [-0.05, 0) is 12.1 Å². The number of hydrogen-bond acceptors (Lipinski definition) is 4. The second-order valence-electron chi connectivity index (χ2n) is 5.11. The van der Waals surface area contributed by atoms with E-state index < -0.39 is 5.82 Å². The minimum atomic E-state index is -0.439. The van der Waals surface area contributed by atoms with Gasteiger partial charge in [0.2, 0.25) is 0 Å². The number of para-hydroxylation sites is 2. The van der Waals surface area contributed by atoms with E-state index in [4.69, 9.17) is 4.84 Å². The van der Waals surface area contributed by atoms with Gasteiger partial charge in [0.1, 0.15) is 24.4 Å². The number of aliphatic imine (C=N–C) groups is 1. The fourth-order valence-corrected chi connectivity index (χ4v) is 2.84. The van der Waals surface area contributed by atoms with Gasteiger partial charge in [-0.3, -0.25) is 0 Å². The number of nitrogens with zero attached hydrogens (tertiary/aromatic N) is 2. The van der Waals surface area contributed by atoms with E-state index in [-0.39, 0.29) is 11.4 Å². The average molecular weight is 309 g/mol. The highest BCUT2D eigenvalue weighted by Gasteiger charge is 2.29. The minimum absolute atomic E-state index is 0.152. The summed E-state index contributed by atoms with van der Waals surface area (Å²) in [6.45, 7) is 0. The number of benzene rings is 2. The Morgan fingerprint density at radius 1 is 1.17 bits per heavy atom. The van der Waals surface area contributed by atoms with Gasteiger partial charge < -0.3 is 14.9 Å². The fraction of sp³-hybridized carbons (Fsp3) is 0.0588. The third-order valence-electron chi connectivity index (χ3n) is 3.80. The molecule has 1 aromatic heterocycles. The van der Waals surface area contributed by atoms with Gasteiger partial charge in [-0.2, -0.15) is 0 Å². The fourth-order valence-electron chi connectivity index (χ4n) is 2.84. The molecule has 23 heavy (non-hydrogen) atoms. The summed E-state index contributed by atoms with van der Waals surface area (Å²) >= 11 is 0. The standard InChI is InChI=1S/C17H12FN3O2/c1-23-21-15-9-5-2-3-8-12(9)19-16(15)13-10-6-4-7-11(18)14(10)20-17(13)22/h2-8,20,22H,1H3. The maximum Gasteiger partial charge on any atom is 0.199 e. The molecule has 0 unspecified atom stereocenters. The molecule has 0 amide bonds. The molecule has 0 fully saturated rings. The van der Waals surface area contributed by atoms with Crippen LogP contribution in [0.25, 0.3) is 10.9 Å². The van der Waals surface area contributed by atoms with E-state index in [1.807, 2.05) is 24.3 Å². The highest BCUT2D eigenvalue weighted by molar-refractivity contribution is 6.58. The lowest BCUT2D eigenvalue weighted by molar-refractivity contribution is 0.214. The zero-order chi connectivity index (χ0) is 16.0. The maximum atomic E-state index is 13.9. The molecule has 2 N–H and O–H groups in total. The van der Waals surface area contributed by atoms with Crippen molar-refractivity contribution in [2.75, 3.05) is 7.11 Å². The number of fused-ring (bicyclic) bond motifs is 2. The largest absolute Gasteiger partial charge is 0.494 e. The highest BCUT2D eigenvalue weighted by Crippen LogP contribution is 2.36. The van der Waals surface area contributed by atoms with Gasteiger partial charge in [0.15, 0.2) is 5.88 Å². The molecular formula is C17H12FN3O2. The second-order valence-corrected chi connectivity index (χ2v) is 5.11. The molecule has 2 heterocycles. The Kier molecular flexibility index (Phi) is 2.90. The summed E-state index contributed by atoms with van der Waals surface area (Å²) in [5, 5.41) is 14.9. The van der Waals surface area contributed by atoms with Crippen molar-refractivity contribution in [1.82, 2.24) is 4.98 Å².